The Hall–Kier alpha value is -2.05. The molecule has 31 heavy (non-hydrogen) atoms. The lowest BCUT2D eigenvalue weighted by atomic mass is 10.1. The fourth-order valence-corrected chi connectivity index (χ4v) is 4.28. The van der Waals surface area contributed by atoms with Crippen LogP contribution in [0.2, 0.25) is 0 Å². The maximum atomic E-state index is 13.0. The Morgan fingerprint density at radius 3 is 2.32 bits per heavy atom. The van der Waals surface area contributed by atoms with Crippen molar-refractivity contribution in [1.29, 1.82) is 0 Å². The predicted molar refractivity (Wildman–Crippen MR) is 128 cm³/mol. The van der Waals surface area contributed by atoms with Crippen molar-refractivity contribution in [1.82, 2.24) is 19.6 Å². The second kappa shape index (κ2) is 10.5. The first kappa shape index (κ1) is 23.6. The number of halogens is 1. The Morgan fingerprint density at radius 2 is 1.77 bits per heavy atom. The number of rotatable bonds is 8. The third kappa shape index (κ3) is 5.24. The molecule has 1 aromatic carbocycles. The number of carbonyl (C=O) groups is 1. The van der Waals surface area contributed by atoms with Gasteiger partial charge in [0.2, 0.25) is 5.91 Å². The Balaban J connectivity index is 2.04. The third-order valence-electron chi connectivity index (χ3n) is 6.35. The molecule has 2 atom stereocenters. The van der Waals surface area contributed by atoms with E-state index in [9.17, 15) is 4.79 Å². The smallest absolute Gasteiger partial charge is 0.240 e. The molecule has 2 heterocycles. The molecule has 7 heteroatoms. The van der Waals surface area contributed by atoms with Crippen LogP contribution in [0.3, 0.4) is 0 Å². The normalized spacial score (nSPS) is 16.9. The number of carbonyl (C=O) groups excluding carboxylic acids is 1. The lowest BCUT2D eigenvalue weighted by Crippen LogP contribution is -2.47. The second-order valence-electron chi connectivity index (χ2n) is 8.40. The number of anilines is 1. The molecule has 1 amide bonds. The van der Waals surface area contributed by atoms with Crippen molar-refractivity contribution in [2.24, 2.45) is 0 Å². The SMILES string of the molecule is CC[C@H](C)N(Cc1c(C)nn(-c2ccccc2)c1N1CCN(CC)CC1)C(=O)[C@@H](C)Cl. The molecule has 1 aromatic heterocycles. The zero-order valence-electron chi connectivity index (χ0n) is 19.5. The minimum atomic E-state index is -0.546. The van der Waals surface area contributed by atoms with E-state index < -0.39 is 5.38 Å². The third-order valence-corrected chi connectivity index (χ3v) is 6.54. The van der Waals surface area contributed by atoms with E-state index >= 15 is 0 Å². The topological polar surface area (TPSA) is 44.6 Å². The Kier molecular flexibility index (Phi) is 8.00. The Morgan fingerprint density at radius 1 is 1.13 bits per heavy atom. The maximum absolute atomic E-state index is 13.0. The summed E-state index contributed by atoms with van der Waals surface area (Å²) >= 11 is 6.22. The van der Waals surface area contributed by atoms with Gasteiger partial charge in [0.05, 0.1) is 17.9 Å². The summed E-state index contributed by atoms with van der Waals surface area (Å²) in [7, 11) is 0. The summed E-state index contributed by atoms with van der Waals surface area (Å²) in [5, 5.41) is 4.38. The fourth-order valence-electron chi connectivity index (χ4n) is 4.15. The standard InChI is InChI=1S/C24H36ClN5O/c1-6-18(3)29(24(31)19(4)25)17-22-20(5)26-30(21-11-9-8-10-12-21)23(22)28-15-13-27(7-2)14-16-28/h8-12,18-19H,6-7,13-17H2,1-5H3/t18-,19+/m0/s1. The number of alkyl halides is 1. The van der Waals surface area contributed by atoms with E-state index in [2.05, 4.69) is 47.4 Å². The van der Waals surface area contributed by atoms with E-state index in [1.54, 1.807) is 6.92 Å². The minimum absolute atomic E-state index is 0.0235. The molecule has 1 aliphatic rings. The molecule has 0 aliphatic carbocycles. The lowest BCUT2D eigenvalue weighted by Gasteiger charge is -2.37. The Labute approximate surface area is 191 Å². The lowest BCUT2D eigenvalue weighted by molar-refractivity contribution is -0.133. The van der Waals surface area contributed by atoms with E-state index in [-0.39, 0.29) is 11.9 Å². The first-order chi connectivity index (χ1) is 14.9. The monoisotopic (exact) mass is 445 g/mol. The summed E-state index contributed by atoms with van der Waals surface area (Å²) in [5.74, 6) is 1.08. The number of aryl methyl sites for hydroxylation is 1. The van der Waals surface area contributed by atoms with Gasteiger partial charge in [-0.2, -0.15) is 5.10 Å². The maximum Gasteiger partial charge on any atom is 0.240 e. The molecule has 0 unspecified atom stereocenters. The van der Waals surface area contributed by atoms with Gasteiger partial charge < -0.3 is 14.7 Å². The molecule has 6 nitrogen and oxygen atoms in total. The van der Waals surface area contributed by atoms with Crippen LogP contribution in [0.5, 0.6) is 0 Å². The van der Waals surface area contributed by atoms with Gasteiger partial charge in [-0.3, -0.25) is 4.79 Å². The van der Waals surface area contributed by atoms with E-state index in [4.69, 9.17) is 16.7 Å². The number of hydrogen-bond acceptors (Lipinski definition) is 4. The van der Waals surface area contributed by atoms with Crippen molar-refractivity contribution in [2.45, 2.75) is 59.0 Å². The molecule has 0 N–H and O–H groups in total. The number of hydrogen-bond donors (Lipinski definition) is 0. The molecule has 170 valence electrons. The van der Waals surface area contributed by atoms with Crippen LogP contribution in [0.15, 0.2) is 30.3 Å². The average molecular weight is 446 g/mol. The van der Waals surface area contributed by atoms with Crippen molar-refractivity contribution < 1.29 is 4.79 Å². The van der Waals surface area contributed by atoms with Gasteiger partial charge >= 0.3 is 0 Å². The van der Waals surface area contributed by atoms with E-state index in [0.29, 0.717) is 6.54 Å². The molecule has 1 fully saturated rings. The molecular weight excluding hydrogens is 410 g/mol. The molecule has 2 aromatic rings. The average Bonchev–Trinajstić information content (AvgIpc) is 3.12. The zero-order valence-corrected chi connectivity index (χ0v) is 20.3. The van der Waals surface area contributed by atoms with Crippen molar-refractivity contribution in [2.75, 3.05) is 37.6 Å². The quantitative estimate of drug-likeness (QED) is 0.574. The van der Waals surface area contributed by atoms with Crippen molar-refractivity contribution in [3.8, 4) is 5.69 Å². The largest absolute Gasteiger partial charge is 0.354 e. The minimum Gasteiger partial charge on any atom is -0.354 e. The summed E-state index contributed by atoms with van der Waals surface area (Å²) in [6.07, 6.45) is 0.881. The van der Waals surface area contributed by atoms with Crippen LogP contribution in [0.1, 0.15) is 45.4 Å². The van der Waals surface area contributed by atoms with Crippen LogP contribution < -0.4 is 4.90 Å². The first-order valence-electron chi connectivity index (χ1n) is 11.4. The summed E-state index contributed by atoms with van der Waals surface area (Å²) in [6, 6.07) is 10.4. The number of piperazine rings is 1. The number of aromatic nitrogens is 2. The molecule has 0 spiro atoms. The zero-order chi connectivity index (χ0) is 22.5. The van der Waals surface area contributed by atoms with Gasteiger partial charge in [0.15, 0.2) is 0 Å². The van der Waals surface area contributed by atoms with Crippen molar-refractivity contribution in [3.05, 3.63) is 41.6 Å². The summed E-state index contributed by atoms with van der Waals surface area (Å²) in [4.78, 5) is 19.8. The number of nitrogens with zero attached hydrogens (tertiary/aromatic N) is 5. The molecule has 1 saturated heterocycles. The Bertz CT molecular complexity index is 858. The van der Waals surface area contributed by atoms with Gasteiger partial charge in [-0.05, 0) is 45.9 Å². The van der Waals surface area contributed by atoms with Gasteiger partial charge in [0.25, 0.3) is 0 Å². The van der Waals surface area contributed by atoms with Crippen LogP contribution in [-0.4, -0.2) is 69.6 Å². The van der Waals surface area contributed by atoms with Crippen LogP contribution in [0, 0.1) is 6.92 Å². The second-order valence-corrected chi connectivity index (χ2v) is 9.05. The van der Waals surface area contributed by atoms with Gasteiger partial charge in [-0.15, -0.1) is 11.6 Å². The van der Waals surface area contributed by atoms with Crippen LogP contribution in [-0.2, 0) is 11.3 Å². The van der Waals surface area contributed by atoms with Crippen LogP contribution in [0.25, 0.3) is 5.69 Å². The molecule has 0 radical (unpaired) electrons. The fraction of sp³-hybridized carbons (Fsp3) is 0.583. The van der Waals surface area contributed by atoms with Gasteiger partial charge in [0, 0.05) is 37.8 Å². The number of para-hydroxylation sites is 1. The summed E-state index contributed by atoms with van der Waals surface area (Å²) < 4.78 is 2.05. The predicted octanol–water partition coefficient (Wildman–Crippen LogP) is 4.08. The molecular formula is C24H36ClN5O. The summed E-state index contributed by atoms with van der Waals surface area (Å²) in [5.41, 5.74) is 3.11. The highest BCUT2D eigenvalue weighted by atomic mass is 35.5. The van der Waals surface area contributed by atoms with Gasteiger partial charge in [-0.1, -0.05) is 32.0 Å². The van der Waals surface area contributed by atoms with Gasteiger partial charge in [-0.25, -0.2) is 4.68 Å². The highest BCUT2D eigenvalue weighted by Gasteiger charge is 2.30. The molecule has 0 bridgehead atoms. The van der Waals surface area contributed by atoms with Crippen LogP contribution >= 0.6 is 11.6 Å². The van der Waals surface area contributed by atoms with Crippen LogP contribution in [0.4, 0.5) is 5.82 Å². The molecule has 0 saturated carbocycles. The van der Waals surface area contributed by atoms with Gasteiger partial charge in [0.1, 0.15) is 11.2 Å². The first-order valence-corrected chi connectivity index (χ1v) is 11.9. The molecule has 3 rings (SSSR count). The number of benzene rings is 1. The highest BCUT2D eigenvalue weighted by molar-refractivity contribution is 6.30. The van der Waals surface area contributed by atoms with E-state index in [1.807, 2.05) is 30.0 Å². The highest BCUT2D eigenvalue weighted by Crippen LogP contribution is 2.30. The van der Waals surface area contributed by atoms with Crippen molar-refractivity contribution >= 4 is 23.3 Å². The van der Waals surface area contributed by atoms with Crippen molar-refractivity contribution in [3.63, 3.8) is 0 Å². The number of amides is 1. The van der Waals surface area contributed by atoms with E-state index in [0.717, 1.165) is 61.9 Å². The summed E-state index contributed by atoms with van der Waals surface area (Å²) in [6.45, 7) is 15.8. The van der Waals surface area contributed by atoms with E-state index in [1.165, 1.54) is 0 Å². The number of likely N-dealkylation sites (N-methyl/N-ethyl adjacent to an activating group) is 1. The molecule has 1 aliphatic heterocycles.